The Bertz CT molecular complexity index is 702. The fourth-order valence-corrected chi connectivity index (χ4v) is 3.14. The molecule has 0 heterocycles. The average Bonchev–Trinajstić information content (AvgIpc) is 2.72. The van der Waals surface area contributed by atoms with Crippen molar-refractivity contribution >= 4 is 5.91 Å². The zero-order chi connectivity index (χ0) is 20.4. The van der Waals surface area contributed by atoms with Crippen LogP contribution in [0.15, 0.2) is 54.6 Å². The maximum absolute atomic E-state index is 12.6. The Labute approximate surface area is 167 Å². The summed E-state index contributed by atoms with van der Waals surface area (Å²) in [4.78, 5) is 12.6. The molecule has 2 aromatic carbocycles. The van der Waals surface area contributed by atoms with Crippen molar-refractivity contribution in [2.45, 2.75) is 38.6 Å². The molecule has 2 rings (SSSR count). The first-order valence-corrected chi connectivity index (χ1v) is 9.88. The number of carbonyl (C=O) groups excluding carboxylic acids is 1. The molecule has 2 aromatic rings. The van der Waals surface area contributed by atoms with E-state index < -0.39 is 12.0 Å². The van der Waals surface area contributed by atoms with Crippen LogP contribution in [-0.2, 0) is 4.79 Å². The second-order valence-corrected chi connectivity index (χ2v) is 7.16. The van der Waals surface area contributed by atoms with Crippen LogP contribution < -0.4 is 10.1 Å². The van der Waals surface area contributed by atoms with Crippen molar-refractivity contribution in [3.8, 4) is 5.75 Å². The van der Waals surface area contributed by atoms with Crippen LogP contribution in [0.1, 0.15) is 49.8 Å². The van der Waals surface area contributed by atoms with Crippen LogP contribution in [0.2, 0.25) is 0 Å². The Morgan fingerprint density at radius 1 is 1.00 bits per heavy atom. The van der Waals surface area contributed by atoms with E-state index in [1.165, 1.54) is 0 Å². The molecule has 3 atom stereocenters. The fraction of sp³-hybridized carbons (Fsp3) is 0.435. The number of hydrogen-bond donors (Lipinski definition) is 3. The van der Waals surface area contributed by atoms with Crippen molar-refractivity contribution in [2.24, 2.45) is 5.92 Å². The predicted molar refractivity (Wildman–Crippen MR) is 110 cm³/mol. The van der Waals surface area contributed by atoms with Gasteiger partial charge in [-0.15, -0.1) is 0 Å². The van der Waals surface area contributed by atoms with Crippen LogP contribution in [0, 0.1) is 5.92 Å². The number of nitrogens with one attached hydrogen (secondary N) is 1. The number of carbonyl (C=O) groups is 1. The summed E-state index contributed by atoms with van der Waals surface area (Å²) in [5, 5.41) is 22.2. The molecule has 0 aliphatic carbocycles. The van der Waals surface area contributed by atoms with Crippen LogP contribution in [0.4, 0.5) is 0 Å². The van der Waals surface area contributed by atoms with E-state index in [1.807, 2.05) is 42.5 Å². The minimum absolute atomic E-state index is 0.230. The summed E-state index contributed by atoms with van der Waals surface area (Å²) in [5.41, 5.74) is 1.53. The van der Waals surface area contributed by atoms with Gasteiger partial charge in [0.25, 0.3) is 0 Å². The van der Waals surface area contributed by atoms with Gasteiger partial charge in [0, 0.05) is 0 Å². The topological polar surface area (TPSA) is 78.8 Å². The average molecular weight is 386 g/mol. The van der Waals surface area contributed by atoms with Crippen molar-refractivity contribution in [3.63, 3.8) is 0 Å². The largest absolute Gasteiger partial charge is 0.493 e. The van der Waals surface area contributed by atoms with Gasteiger partial charge in [-0.05, 0) is 35.6 Å². The Kier molecular flexibility index (Phi) is 8.98. The van der Waals surface area contributed by atoms with Crippen molar-refractivity contribution < 1.29 is 19.7 Å². The minimum atomic E-state index is -0.669. The van der Waals surface area contributed by atoms with Gasteiger partial charge in [-0.3, -0.25) is 4.79 Å². The Morgan fingerprint density at radius 2 is 1.68 bits per heavy atom. The summed E-state index contributed by atoms with van der Waals surface area (Å²) < 4.78 is 5.80. The molecule has 0 bridgehead atoms. The molecule has 0 fully saturated rings. The van der Waals surface area contributed by atoms with Crippen LogP contribution in [0.3, 0.4) is 0 Å². The lowest BCUT2D eigenvalue weighted by Gasteiger charge is -2.21. The Hall–Kier alpha value is -2.37. The summed E-state index contributed by atoms with van der Waals surface area (Å²) >= 11 is 0. The maximum atomic E-state index is 12.6. The predicted octanol–water partition coefficient (Wildman–Crippen LogP) is 3.43. The third kappa shape index (κ3) is 6.36. The number of benzene rings is 2. The van der Waals surface area contributed by atoms with Crippen molar-refractivity contribution in [1.29, 1.82) is 0 Å². The highest BCUT2D eigenvalue weighted by molar-refractivity contribution is 5.84. The molecule has 0 aliphatic rings. The monoisotopic (exact) mass is 385 g/mol. The molecule has 0 saturated carbocycles. The Balaban J connectivity index is 1.99. The first kappa shape index (κ1) is 21.9. The third-order valence-corrected chi connectivity index (χ3v) is 4.80. The van der Waals surface area contributed by atoms with E-state index in [1.54, 1.807) is 12.1 Å². The molecule has 0 spiro atoms. The van der Waals surface area contributed by atoms with Crippen LogP contribution in [0.25, 0.3) is 0 Å². The first-order chi connectivity index (χ1) is 13.6. The summed E-state index contributed by atoms with van der Waals surface area (Å²) in [6.07, 6.45) is 2.27. The van der Waals surface area contributed by atoms with Crippen LogP contribution in [-0.4, -0.2) is 35.9 Å². The smallest absolute Gasteiger partial charge is 0.230 e. The number of hydrogen-bond acceptors (Lipinski definition) is 4. The second-order valence-electron chi connectivity index (χ2n) is 7.16. The number of amides is 1. The number of aliphatic hydroxyl groups is 2. The highest BCUT2D eigenvalue weighted by Crippen LogP contribution is 2.21. The minimum Gasteiger partial charge on any atom is -0.493 e. The first-order valence-electron chi connectivity index (χ1n) is 9.88. The molecule has 28 heavy (non-hydrogen) atoms. The number of rotatable bonds is 11. The van der Waals surface area contributed by atoms with Gasteiger partial charge in [-0.1, -0.05) is 62.7 Å². The molecule has 152 valence electrons. The fourth-order valence-electron chi connectivity index (χ4n) is 3.14. The molecule has 1 unspecified atom stereocenters. The number of ether oxygens (including phenoxy) is 1. The quantitative estimate of drug-likeness (QED) is 0.554. The van der Waals surface area contributed by atoms with Crippen LogP contribution >= 0.6 is 0 Å². The van der Waals surface area contributed by atoms with E-state index in [9.17, 15) is 15.0 Å². The standard InChI is InChI=1S/C23H31NO4/c1-3-7-17(2)16-28-20-12-10-19(11-13-20)22(15-26)24-23(27)21(14-25)18-8-5-4-6-9-18/h4-6,8-13,17,21-22,25-26H,3,7,14-16H2,1-2H3,(H,24,27)/t17?,21-,22-/m0/s1. The molecule has 1 amide bonds. The second kappa shape index (κ2) is 11.5. The molecule has 0 radical (unpaired) electrons. The van der Waals surface area contributed by atoms with Crippen molar-refractivity contribution in [3.05, 3.63) is 65.7 Å². The van der Waals surface area contributed by atoms with Gasteiger partial charge < -0.3 is 20.3 Å². The summed E-state index contributed by atoms with van der Waals surface area (Å²) in [6, 6.07) is 16.0. The zero-order valence-electron chi connectivity index (χ0n) is 16.7. The van der Waals surface area contributed by atoms with E-state index in [0.717, 1.165) is 29.7 Å². The third-order valence-electron chi connectivity index (χ3n) is 4.80. The molecule has 5 heteroatoms. The van der Waals surface area contributed by atoms with E-state index in [4.69, 9.17) is 4.74 Å². The highest BCUT2D eigenvalue weighted by Gasteiger charge is 2.23. The zero-order valence-corrected chi connectivity index (χ0v) is 16.7. The number of aliphatic hydroxyl groups excluding tert-OH is 2. The molecule has 0 aromatic heterocycles. The molecular weight excluding hydrogens is 354 g/mol. The Morgan fingerprint density at radius 3 is 2.25 bits per heavy atom. The van der Waals surface area contributed by atoms with Gasteiger partial charge in [0.2, 0.25) is 5.91 Å². The van der Waals surface area contributed by atoms with E-state index in [-0.39, 0.29) is 19.1 Å². The van der Waals surface area contributed by atoms with Gasteiger partial charge in [-0.2, -0.15) is 0 Å². The van der Waals surface area contributed by atoms with Crippen LogP contribution in [0.5, 0.6) is 5.75 Å². The van der Waals surface area contributed by atoms with E-state index in [2.05, 4.69) is 19.2 Å². The summed E-state index contributed by atoms with van der Waals surface area (Å²) in [7, 11) is 0. The van der Waals surface area contributed by atoms with Crippen molar-refractivity contribution in [1.82, 2.24) is 5.32 Å². The highest BCUT2D eigenvalue weighted by atomic mass is 16.5. The van der Waals surface area contributed by atoms with E-state index >= 15 is 0 Å². The maximum Gasteiger partial charge on any atom is 0.230 e. The summed E-state index contributed by atoms with van der Waals surface area (Å²) in [6.45, 7) is 4.47. The molecule has 0 aliphatic heterocycles. The lowest BCUT2D eigenvalue weighted by molar-refractivity contribution is -0.124. The summed E-state index contributed by atoms with van der Waals surface area (Å²) in [5.74, 6) is 0.286. The molecular formula is C23H31NO4. The molecule has 3 N–H and O–H groups in total. The van der Waals surface area contributed by atoms with Crippen molar-refractivity contribution in [2.75, 3.05) is 19.8 Å². The van der Waals surface area contributed by atoms with Gasteiger partial charge in [0.1, 0.15) is 5.75 Å². The lowest BCUT2D eigenvalue weighted by Crippen LogP contribution is -2.36. The lowest BCUT2D eigenvalue weighted by atomic mass is 9.98. The SMILES string of the molecule is CCCC(C)COc1ccc([C@H](CO)NC(=O)[C@@H](CO)c2ccccc2)cc1. The van der Waals surface area contributed by atoms with Gasteiger partial charge >= 0.3 is 0 Å². The van der Waals surface area contributed by atoms with E-state index in [0.29, 0.717) is 12.5 Å². The van der Waals surface area contributed by atoms with Gasteiger partial charge in [0.05, 0.1) is 31.8 Å². The van der Waals surface area contributed by atoms with Gasteiger partial charge in [-0.25, -0.2) is 0 Å². The van der Waals surface area contributed by atoms with Gasteiger partial charge in [0.15, 0.2) is 0 Å². The molecule has 5 nitrogen and oxygen atoms in total. The normalized spacial score (nSPS) is 14.1. The molecule has 0 saturated heterocycles.